The molecular formula is C12H12N2O2Si. The summed E-state index contributed by atoms with van der Waals surface area (Å²) in [6.45, 7) is 13.3. The van der Waals surface area contributed by atoms with E-state index >= 15 is 0 Å². The summed E-state index contributed by atoms with van der Waals surface area (Å²) < 4.78 is 0. The standard InChI is InChI=1S/C12H12N2O2Si/c1-13-12-9-11(14(15)16)6-5-10(12)7-8-17(2,3)4/h5-6,9H,2-4H3. The average molecular weight is 244 g/mol. The molecule has 0 aliphatic rings. The van der Waals surface area contributed by atoms with Gasteiger partial charge < -0.3 is 0 Å². The Balaban J connectivity index is 3.23. The van der Waals surface area contributed by atoms with Crippen LogP contribution in [0.25, 0.3) is 4.85 Å². The van der Waals surface area contributed by atoms with E-state index in [-0.39, 0.29) is 11.4 Å². The molecular weight excluding hydrogens is 232 g/mol. The van der Waals surface area contributed by atoms with E-state index in [9.17, 15) is 10.1 Å². The third-order valence-electron chi connectivity index (χ3n) is 1.88. The van der Waals surface area contributed by atoms with Gasteiger partial charge in [-0.1, -0.05) is 31.6 Å². The van der Waals surface area contributed by atoms with E-state index in [1.54, 1.807) is 6.07 Å². The second kappa shape index (κ2) is 4.81. The minimum Gasteiger partial charge on any atom is -0.258 e. The molecule has 1 aromatic carbocycles. The Morgan fingerprint density at radius 1 is 1.41 bits per heavy atom. The molecule has 0 fully saturated rings. The Morgan fingerprint density at radius 2 is 2.06 bits per heavy atom. The molecule has 0 aliphatic heterocycles. The minimum atomic E-state index is -1.51. The lowest BCUT2D eigenvalue weighted by molar-refractivity contribution is -0.384. The fraction of sp³-hybridized carbons (Fsp3) is 0.250. The van der Waals surface area contributed by atoms with Gasteiger partial charge in [0.2, 0.25) is 5.69 Å². The van der Waals surface area contributed by atoms with Gasteiger partial charge in [0.05, 0.1) is 11.5 Å². The van der Waals surface area contributed by atoms with Crippen LogP contribution >= 0.6 is 0 Å². The van der Waals surface area contributed by atoms with Crippen LogP contribution in [-0.2, 0) is 0 Å². The molecule has 0 bridgehead atoms. The molecule has 0 saturated carbocycles. The van der Waals surface area contributed by atoms with E-state index in [0.717, 1.165) is 0 Å². The van der Waals surface area contributed by atoms with Crippen LogP contribution in [0.3, 0.4) is 0 Å². The van der Waals surface area contributed by atoms with Gasteiger partial charge >= 0.3 is 0 Å². The highest BCUT2D eigenvalue weighted by atomic mass is 28.3. The van der Waals surface area contributed by atoms with E-state index in [4.69, 9.17) is 6.57 Å². The first-order valence-corrected chi connectivity index (χ1v) is 8.52. The molecule has 0 atom stereocenters. The van der Waals surface area contributed by atoms with Gasteiger partial charge in [0, 0.05) is 17.7 Å². The second-order valence-electron chi connectivity index (χ2n) is 4.57. The molecule has 0 spiro atoms. The molecule has 1 rings (SSSR count). The van der Waals surface area contributed by atoms with Crippen LogP contribution in [0.15, 0.2) is 18.2 Å². The van der Waals surface area contributed by atoms with Gasteiger partial charge in [-0.2, -0.15) is 0 Å². The lowest BCUT2D eigenvalue weighted by atomic mass is 10.2. The number of nitrogens with zero attached hydrogens (tertiary/aromatic N) is 2. The second-order valence-corrected chi connectivity index (χ2v) is 9.32. The normalized spacial score (nSPS) is 10.0. The highest BCUT2D eigenvalue weighted by molar-refractivity contribution is 6.83. The third-order valence-corrected chi connectivity index (χ3v) is 2.76. The molecule has 17 heavy (non-hydrogen) atoms. The molecule has 1 aromatic rings. The predicted octanol–water partition coefficient (Wildman–Crippen LogP) is 3.37. The number of rotatable bonds is 1. The first kappa shape index (κ1) is 13.0. The van der Waals surface area contributed by atoms with Crippen LogP contribution in [0, 0.1) is 28.2 Å². The summed E-state index contributed by atoms with van der Waals surface area (Å²) >= 11 is 0. The monoisotopic (exact) mass is 244 g/mol. The fourth-order valence-corrected chi connectivity index (χ4v) is 1.60. The summed E-state index contributed by atoms with van der Waals surface area (Å²) in [5, 5.41) is 10.6. The number of benzene rings is 1. The smallest absolute Gasteiger partial charge is 0.258 e. The SMILES string of the molecule is [C-]#[N+]c1cc([N+](=O)[O-])ccc1C#C[Si](C)(C)C. The zero-order valence-corrected chi connectivity index (χ0v) is 10.9. The van der Waals surface area contributed by atoms with Gasteiger partial charge in [-0.25, -0.2) is 4.85 Å². The summed E-state index contributed by atoms with van der Waals surface area (Å²) in [5.41, 5.74) is 3.87. The molecule has 0 amide bonds. The molecule has 0 saturated heterocycles. The van der Waals surface area contributed by atoms with E-state index in [0.29, 0.717) is 5.56 Å². The maximum Gasteiger partial charge on any atom is 0.259 e. The van der Waals surface area contributed by atoms with Gasteiger partial charge in [0.25, 0.3) is 5.69 Å². The van der Waals surface area contributed by atoms with Crippen LogP contribution in [0.1, 0.15) is 5.56 Å². The van der Waals surface area contributed by atoms with Crippen LogP contribution in [0.5, 0.6) is 0 Å². The van der Waals surface area contributed by atoms with Crippen LogP contribution in [0.4, 0.5) is 11.4 Å². The van der Waals surface area contributed by atoms with Crippen molar-refractivity contribution < 1.29 is 4.92 Å². The van der Waals surface area contributed by atoms with Gasteiger partial charge in [-0.05, 0) is 0 Å². The maximum atomic E-state index is 10.6. The first-order chi connectivity index (χ1) is 7.83. The first-order valence-electron chi connectivity index (χ1n) is 5.02. The molecule has 5 heteroatoms. The lowest BCUT2D eigenvalue weighted by Crippen LogP contribution is -2.16. The lowest BCUT2D eigenvalue weighted by Gasteiger charge is -2.03. The molecule has 0 unspecified atom stereocenters. The Hall–Kier alpha value is -2.11. The van der Waals surface area contributed by atoms with Crippen molar-refractivity contribution in [3.05, 3.63) is 45.3 Å². The molecule has 0 radical (unpaired) electrons. The minimum absolute atomic E-state index is 0.0745. The molecule has 0 N–H and O–H groups in total. The molecule has 0 aliphatic carbocycles. The Bertz CT molecular complexity index is 557. The van der Waals surface area contributed by atoms with Crippen molar-refractivity contribution in [2.45, 2.75) is 19.6 Å². The quantitative estimate of drug-likeness (QED) is 0.250. The third kappa shape index (κ3) is 3.75. The topological polar surface area (TPSA) is 47.5 Å². The van der Waals surface area contributed by atoms with Crippen molar-refractivity contribution in [3.8, 4) is 11.5 Å². The number of nitro groups is 1. The van der Waals surface area contributed by atoms with E-state index in [1.807, 2.05) is 0 Å². The van der Waals surface area contributed by atoms with Crippen molar-refractivity contribution >= 4 is 19.4 Å². The van der Waals surface area contributed by atoms with Gasteiger partial charge in [-0.15, -0.1) is 5.54 Å². The van der Waals surface area contributed by atoms with Crippen LogP contribution < -0.4 is 0 Å². The number of hydrogen-bond acceptors (Lipinski definition) is 2. The molecule has 0 heterocycles. The van der Waals surface area contributed by atoms with E-state index in [2.05, 4.69) is 36.0 Å². The molecule has 4 nitrogen and oxygen atoms in total. The van der Waals surface area contributed by atoms with Gasteiger partial charge in [0.15, 0.2) is 0 Å². The Morgan fingerprint density at radius 3 is 2.53 bits per heavy atom. The summed E-state index contributed by atoms with van der Waals surface area (Å²) in [6.07, 6.45) is 0. The highest BCUT2D eigenvalue weighted by Crippen LogP contribution is 2.24. The van der Waals surface area contributed by atoms with E-state index in [1.165, 1.54) is 12.1 Å². The van der Waals surface area contributed by atoms with E-state index < -0.39 is 13.0 Å². The summed E-state index contributed by atoms with van der Waals surface area (Å²) in [7, 11) is -1.51. The van der Waals surface area contributed by atoms with Gasteiger partial charge in [-0.3, -0.25) is 10.1 Å². The molecule has 86 valence electrons. The van der Waals surface area contributed by atoms with Crippen molar-refractivity contribution in [2.75, 3.05) is 0 Å². The zero-order valence-electron chi connectivity index (χ0n) is 9.94. The zero-order chi connectivity index (χ0) is 13.1. The summed E-state index contributed by atoms with van der Waals surface area (Å²) in [6, 6.07) is 4.18. The van der Waals surface area contributed by atoms with Crippen LogP contribution in [0.2, 0.25) is 19.6 Å². The Labute approximate surface area is 101 Å². The van der Waals surface area contributed by atoms with Crippen molar-refractivity contribution in [3.63, 3.8) is 0 Å². The summed E-state index contributed by atoms with van der Waals surface area (Å²) in [4.78, 5) is 13.3. The highest BCUT2D eigenvalue weighted by Gasteiger charge is 2.11. The van der Waals surface area contributed by atoms with Crippen molar-refractivity contribution in [1.29, 1.82) is 0 Å². The van der Waals surface area contributed by atoms with Crippen molar-refractivity contribution in [2.24, 2.45) is 0 Å². The fourth-order valence-electron chi connectivity index (χ4n) is 1.09. The number of non-ortho nitro benzene ring substituents is 1. The Kier molecular flexibility index (Phi) is 3.67. The summed E-state index contributed by atoms with van der Waals surface area (Å²) in [5.74, 6) is 2.95. The number of hydrogen-bond donors (Lipinski definition) is 0. The predicted molar refractivity (Wildman–Crippen MR) is 69.6 cm³/mol. The molecule has 0 aromatic heterocycles. The largest absolute Gasteiger partial charge is 0.259 e. The average Bonchev–Trinajstić information content (AvgIpc) is 2.24. The van der Waals surface area contributed by atoms with Gasteiger partial charge in [0.1, 0.15) is 8.07 Å². The number of nitro benzene ring substituents is 1. The van der Waals surface area contributed by atoms with Crippen LogP contribution in [-0.4, -0.2) is 13.0 Å². The maximum absolute atomic E-state index is 10.6. The van der Waals surface area contributed by atoms with Crippen molar-refractivity contribution in [1.82, 2.24) is 0 Å².